The lowest BCUT2D eigenvalue weighted by molar-refractivity contribution is 0.132. The van der Waals surface area contributed by atoms with Crippen molar-refractivity contribution in [3.63, 3.8) is 0 Å². The highest BCUT2D eigenvalue weighted by Gasteiger charge is 2.15. The number of aromatic nitrogens is 2. The zero-order valence-electron chi connectivity index (χ0n) is 15.0. The number of ether oxygens (including phenoxy) is 1. The molecule has 3 rings (SSSR count). The number of nitrogens with zero attached hydrogens (tertiary/aromatic N) is 2. The summed E-state index contributed by atoms with van der Waals surface area (Å²) in [5.74, 6) is 0.502. The minimum Gasteiger partial charge on any atom is -0.403 e. The third-order valence-corrected chi connectivity index (χ3v) is 4.61. The van der Waals surface area contributed by atoms with E-state index >= 15 is 0 Å². The molecule has 0 aliphatic carbocycles. The Labute approximate surface area is 150 Å². The molecule has 8 nitrogen and oxygen atoms in total. The zero-order chi connectivity index (χ0) is 18.5. The molecule has 0 aromatic carbocycles. The van der Waals surface area contributed by atoms with Crippen LogP contribution in [-0.4, -0.2) is 28.9 Å². The molecule has 3 heterocycles. The van der Waals surface area contributed by atoms with Crippen molar-refractivity contribution >= 4 is 16.8 Å². The maximum Gasteiger partial charge on any atom is 0.337 e. The van der Waals surface area contributed by atoms with Crippen molar-refractivity contribution in [3.05, 3.63) is 32.4 Å². The van der Waals surface area contributed by atoms with Crippen LogP contribution in [0.4, 0.5) is 0 Å². The van der Waals surface area contributed by atoms with Crippen LogP contribution in [0.5, 0.6) is 6.01 Å². The molecule has 1 aliphatic rings. The van der Waals surface area contributed by atoms with Crippen LogP contribution in [0.25, 0.3) is 11.1 Å². The zero-order valence-corrected chi connectivity index (χ0v) is 15.0. The molecule has 0 radical (unpaired) electrons. The van der Waals surface area contributed by atoms with Crippen LogP contribution in [0.2, 0.25) is 0 Å². The summed E-state index contributed by atoms with van der Waals surface area (Å²) in [6.07, 6.45) is 3.88. The summed E-state index contributed by atoms with van der Waals surface area (Å²) in [5.41, 5.74) is 0.523. The number of fused-ring (bicyclic) bond motifs is 1. The van der Waals surface area contributed by atoms with Gasteiger partial charge >= 0.3 is 11.6 Å². The SMILES string of the molecule is CCC(C)CCc1cc(=O)oc2nc(ON=C3CCOCC3)[nH]c(=O)c12. The molecule has 2 aromatic heterocycles. The average Bonchev–Trinajstić information content (AvgIpc) is 2.64. The number of hydrogen-bond donors (Lipinski definition) is 1. The van der Waals surface area contributed by atoms with E-state index in [1.165, 1.54) is 6.07 Å². The third-order valence-electron chi connectivity index (χ3n) is 4.61. The van der Waals surface area contributed by atoms with E-state index in [0.29, 0.717) is 49.3 Å². The van der Waals surface area contributed by atoms with E-state index in [1.54, 1.807) is 0 Å². The van der Waals surface area contributed by atoms with Gasteiger partial charge in [0.15, 0.2) is 0 Å². The summed E-state index contributed by atoms with van der Waals surface area (Å²) >= 11 is 0. The second-order valence-corrected chi connectivity index (χ2v) is 6.56. The first-order chi connectivity index (χ1) is 12.6. The molecule has 1 atom stereocenters. The van der Waals surface area contributed by atoms with Crippen LogP contribution in [0.1, 0.15) is 45.1 Å². The Morgan fingerprint density at radius 3 is 2.85 bits per heavy atom. The van der Waals surface area contributed by atoms with Crippen LogP contribution in [0.15, 0.2) is 25.2 Å². The van der Waals surface area contributed by atoms with Gasteiger partial charge < -0.3 is 14.0 Å². The molecule has 2 aromatic rings. The van der Waals surface area contributed by atoms with E-state index in [1.807, 2.05) is 0 Å². The largest absolute Gasteiger partial charge is 0.403 e. The lowest BCUT2D eigenvalue weighted by Gasteiger charge is -2.12. The molecule has 0 amide bonds. The molecule has 1 saturated heterocycles. The van der Waals surface area contributed by atoms with Gasteiger partial charge in [0, 0.05) is 18.9 Å². The molecule has 0 spiro atoms. The lowest BCUT2D eigenvalue weighted by Crippen LogP contribution is -2.17. The van der Waals surface area contributed by atoms with Crippen molar-refractivity contribution in [2.45, 2.75) is 46.0 Å². The molecule has 0 saturated carbocycles. The lowest BCUT2D eigenvalue weighted by atomic mass is 9.98. The quantitative estimate of drug-likeness (QED) is 0.792. The Kier molecular flexibility index (Phi) is 5.82. The average molecular weight is 361 g/mol. The minimum atomic E-state index is -0.531. The molecule has 1 N–H and O–H groups in total. The molecule has 1 fully saturated rings. The van der Waals surface area contributed by atoms with E-state index in [0.717, 1.165) is 18.6 Å². The summed E-state index contributed by atoms with van der Waals surface area (Å²) in [5, 5.41) is 4.29. The predicted molar refractivity (Wildman–Crippen MR) is 96.8 cm³/mol. The normalized spacial score (nSPS) is 15.8. The standard InChI is InChI=1S/C18H23N3O5/c1-3-11(2)4-5-12-10-14(22)25-17-15(12)16(23)19-18(20-17)26-21-13-6-8-24-9-7-13/h10-11H,3-9H2,1-2H3,(H,19,20,23). The number of H-pyrrole nitrogens is 1. The number of hydrogen-bond acceptors (Lipinski definition) is 7. The summed E-state index contributed by atoms with van der Waals surface area (Å²) in [7, 11) is 0. The van der Waals surface area contributed by atoms with Crippen molar-refractivity contribution in [3.8, 4) is 6.01 Å². The molecular weight excluding hydrogens is 338 g/mol. The smallest absolute Gasteiger partial charge is 0.337 e. The Bertz CT molecular complexity index is 907. The highest BCUT2D eigenvalue weighted by molar-refractivity contribution is 5.84. The van der Waals surface area contributed by atoms with E-state index < -0.39 is 11.2 Å². The van der Waals surface area contributed by atoms with E-state index in [9.17, 15) is 9.59 Å². The monoisotopic (exact) mass is 361 g/mol. The van der Waals surface area contributed by atoms with Crippen LogP contribution >= 0.6 is 0 Å². The first-order valence-corrected chi connectivity index (χ1v) is 8.94. The fourth-order valence-electron chi connectivity index (χ4n) is 2.78. The number of aromatic amines is 1. The van der Waals surface area contributed by atoms with Crippen molar-refractivity contribution in [1.82, 2.24) is 9.97 Å². The highest BCUT2D eigenvalue weighted by atomic mass is 16.6. The minimum absolute atomic E-state index is 0.0254. The number of nitrogens with one attached hydrogen (secondary N) is 1. The predicted octanol–water partition coefficient (Wildman–Crippen LogP) is 2.40. The first-order valence-electron chi connectivity index (χ1n) is 8.94. The van der Waals surface area contributed by atoms with Crippen molar-refractivity contribution < 1.29 is 14.0 Å². The topological polar surface area (TPSA) is 107 Å². The molecular formula is C18H23N3O5. The molecule has 0 bridgehead atoms. The van der Waals surface area contributed by atoms with Gasteiger partial charge in [-0.1, -0.05) is 25.4 Å². The molecule has 26 heavy (non-hydrogen) atoms. The van der Waals surface area contributed by atoms with Crippen LogP contribution in [0, 0.1) is 5.92 Å². The first kappa shape index (κ1) is 18.3. The van der Waals surface area contributed by atoms with E-state index in [2.05, 4.69) is 29.0 Å². The van der Waals surface area contributed by atoms with Gasteiger partial charge in [-0.25, -0.2) is 4.79 Å². The summed E-state index contributed by atoms with van der Waals surface area (Å²) in [6, 6.07) is 1.27. The van der Waals surface area contributed by atoms with Crippen LogP contribution in [0.3, 0.4) is 0 Å². The van der Waals surface area contributed by atoms with Crippen molar-refractivity contribution in [2.75, 3.05) is 13.2 Å². The Hall–Kier alpha value is -2.48. The number of rotatable bonds is 6. The number of aryl methyl sites for hydroxylation is 1. The summed E-state index contributed by atoms with van der Waals surface area (Å²) < 4.78 is 10.4. The van der Waals surface area contributed by atoms with Gasteiger partial charge in [0.2, 0.25) is 5.71 Å². The Morgan fingerprint density at radius 1 is 1.35 bits per heavy atom. The van der Waals surface area contributed by atoms with Crippen LogP contribution < -0.4 is 16.0 Å². The Balaban J connectivity index is 1.90. The highest BCUT2D eigenvalue weighted by Crippen LogP contribution is 2.18. The summed E-state index contributed by atoms with van der Waals surface area (Å²) in [6.45, 7) is 5.44. The van der Waals surface area contributed by atoms with E-state index in [4.69, 9.17) is 14.0 Å². The molecule has 140 valence electrons. The fraction of sp³-hybridized carbons (Fsp3) is 0.556. The number of oxime groups is 1. The van der Waals surface area contributed by atoms with Gasteiger partial charge in [-0.3, -0.25) is 9.78 Å². The maximum absolute atomic E-state index is 12.5. The third kappa shape index (κ3) is 4.37. The van der Waals surface area contributed by atoms with Gasteiger partial charge in [0.25, 0.3) is 5.56 Å². The van der Waals surface area contributed by atoms with Gasteiger partial charge in [-0.2, -0.15) is 4.98 Å². The van der Waals surface area contributed by atoms with Gasteiger partial charge in [-0.05, 0) is 24.3 Å². The second kappa shape index (κ2) is 8.27. The van der Waals surface area contributed by atoms with Gasteiger partial charge in [0.1, 0.15) is 5.39 Å². The summed E-state index contributed by atoms with van der Waals surface area (Å²) in [4.78, 5) is 36.2. The fourth-order valence-corrected chi connectivity index (χ4v) is 2.78. The van der Waals surface area contributed by atoms with E-state index in [-0.39, 0.29) is 11.7 Å². The van der Waals surface area contributed by atoms with Crippen molar-refractivity contribution in [1.29, 1.82) is 0 Å². The molecule has 1 unspecified atom stereocenters. The maximum atomic E-state index is 12.5. The molecule has 8 heteroatoms. The molecule has 1 aliphatic heterocycles. The second-order valence-electron chi connectivity index (χ2n) is 6.56. The Morgan fingerprint density at radius 2 is 2.12 bits per heavy atom. The van der Waals surface area contributed by atoms with Crippen molar-refractivity contribution in [2.24, 2.45) is 11.1 Å². The van der Waals surface area contributed by atoms with Gasteiger partial charge in [0.05, 0.1) is 18.9 Å². The van der Waals surface area contributed by atoms with Gasteiger partial charge in [-0.15, -0.1) is 0 Å². The van der Waals surface area contributed by atoms with Crippen LogP contribution in [-0.2, 0) is 11.2 Å².